The Kier molecular flexibility index (Phi) is 4.36. The molecule has 3 heterocycles. The van der Waals surface area contributed by atoms with E-state index in [1.165, 1.54) is 0 Å². The van der Waals surface area contributed by atoms with Gasteiger partial charge >= 0.3 is 6.03 Å². The predicted molar refractivity (Wildman–Crippen MR) is 84.8 cm³/mol. The van der Waals surface area contributed by atoms with Crippen molar-refractivity contribution < 1.29 is 9.32 Å². The minimum atomic E-state index is -0.138. The average molecular weight is 317 g/mol. The van der Waals surface area contributed by atoms with E-state index < -0.39 is 0 Å². The Labute approximate surface area is 135 Å². The smallest absolute Gasteiger partial charge is 0.318 e. The van der Waals surface area contributed by atoms with Gasteiger partial charge in [-0.05, 0) is 40.0 Å². The number of amides is 2. The first-order chi connectivity index (χ1) is 11.1. The molecule has 1 aliphatic heterocycles. The molecule has 0 unspecified atom stereocenters. The van der Waals surface area contributed by atoms with Gasteiger partial charge in [-0.15, -0.1) is 0 Å². The molecule has 0 radical (unpaired) electrons. The van der Waals surface area contributed by atoms with E-state index in [0.717, 1.165) is 48.4 Å². The summed E-state index contributed by atoms with van der Waals surface area (Å²) in [6, 6.07) is -0.108. The third-order valence-electron chi connectivity index (χ3n) is 4.53. The third kappa shape index (κ3) is 3.09. The van der Waals surface area contributed by atoms with Crippen molar-refractivity contribution in [1.29, 1.82) is 0 Å². The summed E-state index contributed by atoms with van der Waals surface area (Å²) in [5, 5.41) is 13.9. The normalized spacial score (nSPS) is 19.6. The molecule has 2 amide bonds. The summed E-state index contributed by atoms with van der Waals surface area (Å²) in [6.07, 6.45) is 6.79. The SMILES string of the molecule is Cc1noc(C)c1[C@@H](C)NC(=O)N1CCCC[C@@H]1c1cn[nH]c1. The Morgan fingerprint density at radius 2 is 2.30 bits per heavy atom. The number of aromatic nitrogens is 3. The number of rotatable bonds is 3. The van der Waals surface area contributed by atoms with Crippen LogP contribution in [0, 0.1) is 13.8 Å². The van der Waals surface area contributed by atoms with Crippen molar-refractivity contribution in [3.63, 3.8) is 0 Å². The molecule has 124 valence electrons. The lowest BCUT2D eigenvalue weighted by Gasteiger charge is -2.36. The maximum Gasteiger partial charge on any atom is 0.318 e. The molecule has 7 nitrogen and oxygen atoms in total. The molecule has 1 aliphatic rings. The number of urea groups is 1. The van der Waals surface area contributed by atoms with Crippen LogP contribution in [0.2, 0.25) is 0 Å². The van der Waals surface area contributed by atoms with Crippen molar-refractivity contribution in [3.05, 3.63) is 35.0 Å². The average Bonchev–Trinajstić information content (AvgIpc) is 3.17. The summed E-state index contributed by atoms with van der Waals surface area (Å²) in [6.45, 7) is 6.48. The first kappa shape index (κ1) is 15.6. The maximum absolute atomic E-state index is 12.8. The Bertz CT molecular complexity index is 645. The van der Waals surface area contributed by atoms with E-state index in [1.807, 2.05) is 31.9 Å². The van der Waals surface area contributed by atoms with Crippen molar-refractivity contribution in [2.75, 3.05) is 6.54 Å². The summed E-state index contributed by atoms with van der Waals surface area (Å²) < 4.78 is 5.20. The van der Waals surface area contributed by atoms with E-state index >= 15 is 0 Å². The van der Waals surface area contributed by atoms with Gasteiger partial charge in [-0.1, -0.05) is 5.16 Å². The van der Waals surface area contributed by atoms with E-state index in [-0.39, 0.29) is 18.1 Å². The molecule has 0 spiro atoms. The number of likely N-dealkylation sites (tertiary alicyclic amines) is 1. The number of hydrogen-bond donors (Lipinski definition) is 2. The number of H-pyrrole nitrogens is 1. The molecule has 0 saturated carbocycles. The van der Waals surface area contributed by atoms with Crippen molar-refractivity contribution in [1.82, 2.24) is 25.6 Å². The van der Waals surface area contributed by atoms with Crippen LogP contribution in [0.25, 0.3) is 0 Å². The van der Waals surface area contributed by atoms with Gasteiger partial charge in [-0.25, -0.2) is 4.79 Å². The highest BCUT2D eigenvalue weighted by molar-refractivity contribution is 5.75. The number of carbonyl (C=O) groups excluding carboxylic acids is 1. The topological polar surface area (TPSA) is 87.1 Å². The molecular formula is C16H23N5O2. The lowest BCUT2D eigenvalue weighted by Crippen LogP contribution is -2.45. The van der Waals surface area contributed by atoms with E-state index in [0.29, 0.717) is 0 Å². The van der Waals surface area contributed by atoms with Crippen molar-refractivity contribution >= 4 is 6.03 Å². The van der Waals surface area contributed by atoms with Crippen LogP contribution in [0.3, 0.4) is 0 Å². The highest BCUT2D eigenvalue weighted by Crippen LogP contribution is 2.31. The van der Waals surface area contributed by atoms with Gasteiger partial charge < -0.3 is 14.7 Å². The number of aryl methyl sites for hydroxylation is 2. The van der Waals surface area contributed by atoms with Crippen LogP contribution in [0.4, 0.5) is 4.79 Å². The monoisotopic (exact) mass is 317 g/mol. The third-order valence-corrected chi connectivity index (χ3v) is 4.53. The van der Waals surface area contributed by atoms with Crippen LogP contribution in [0.1, 0.15) is 60.9 Å². The summed E-state index contributed by atoms with van der Waals surface area (Å²) >= 11 is 0. The molecule has 0 aliphatic carbocycles. The molecular weight excluding hydrogens is 294 g/mol. The zero-order chi connectivity index (χ0) is 16.4. The van der Waals surface area contributed by atoms with Gasteiger partial charge in [0.15, 0.2) is 0 Å². The van der Waals surface area contributed by atoms with E-state index in [1.54, 1.807) is 6.20 Å². The fourth-order valence-electron chi connectivity index (χ4n) is 3.41. The number of piperidine rings is 1. The molecule has 23 heavy (non-hydrogen) atoms. The van der Waals surface area contributed by atoms with Gasteiger partial charge in [0, 0.05) is 23.9 Å². The van der Waals surface area contributed by atoms with Crippen LogP contribution in [0.5, 0.6) is 0 Å². The second-order valence-corrected chi connectivity index (χ2v) is 6.15. The summed E-state index contributed by atoms with van der Waals surface area (Å²) in [5.74, 6) is 0.750. The summed E-state index contributed by atoms with van der Waals surface area (Å²) in [7, 11) is 0. The zero-order valence-corrected chi connectivity index (χ0v) is 13.8. The first-order valence-electron chi connectivity index (χ1n) is 8.06. The molecule has 2 aromatic rings. The van der Waals surface area contributed by atoms with Crippen LogP contribution in [-0.2, 0) is 0 Å². The maximum atomic E-state index is 12.8. The highest BCUT2D eigenvalue weighted by atomic mass is 16.5. The summed E-state index contributed by atoms with van der Waals surface area (Å²) in [4.78, 5) is 14.7. The Morgan fingerprint density at radius 3 is 2.96 bits per heavy atom. The van der Waals surface area contributed by atoms with Crippen LogP contribution in [-0.4, -0.2) is 32.8 Å². The highest BCUT2D eigenvalue weighted by Gasteiger charge is 2.30. The molecule has 0 bridgehead atoms. The molecule has 3 rings (SSSR count). The number of hydrogen-bond acceptors (Lipinski definition) is 4. The van der Waals surface area contributed by atoms with Gasteiger partial charge in [-0.3, -0.25) is 5.10 Å². The Morgan fingerprint density at radius 1 is 1.48 bits per heavy atom. The Balaban J connectivity index is 1.73. The van der Waals surface area contributed by atoms with Gasteiger partial charge in [-0.2, -0.15) is 5.10 Å². The van der Waals surface area contributed by atoms with E-state index in [9.17, 15) is 4.79 Å². The number of nitrogens with zero attached hydrogens (tertiary/aromatic N) is 3. The van der Waals surface area contributed by atoms with E-state index in [4.69, 9.17) is 4.52 Å². The minimum Gasteiger partial charge on any atom is -0.361 e. The van der Waals surface area contributed by atoms with Gasteiger partial charge in [0.05, 0.1) is 24.0 Å². The summed E-state index contributed by atoms with van der Waals surface area (Å²) in [5.41, 5.74) is 2.83. The van der Waals surface area contributed by atoms with Crippen LogP contribution < -0.4 is 5.32 Å². The molecule has 1 saturated heterocycles. The molecule has 7 heteroatoms. The minimum absolute atomic E-state index is 0.0524. The van der Waals surface area contributed by atoms with Crippen molar-refractivity contribution in [2.45, 2.75) is 52.1 Å². The molecule has 0 aromatic carbocycles. The molecule has 2 N–H and O–H groups in total. The fraction of sp³-hybridized carbons (Fsp3) is 0.562. The standard InChI is InChI=1S/C16H23N5O2/c1-10(15-11(2)20-23-12(15)3)19-16(22)21-7-5-4-6-14(21)13-8-17-18-9-13/h8-10,14H,4-7H2,1-3H3,(H,17,18)(H,19,22)/t10-,14-/m1/s1. The van der Waals surface area contributed by atoms with Gasteiger partial charge in [0.1, 0.15) is 5.76 Å². The zero-order valence-electron chi connectivity index (χ0n) is 13.8. The van der Waals surface area contributed by atoms with Gasteiger partial charge in [0.25, 0.3) is 0 Å². The molecule has 2 atom stereocenters. The van der Waals surface area contributed by atoms with E-state index in [2.05, 4.69) is 20.7 Å². The number of aromatic amines is 1. The fourth-order valence-corrected chi connectivity index (χ4v) is 3.41. The number of nitrogens with one attached hydrogen (secondary N) is 2. The lowest BCUT2D eigenvalue weighted by molar-refractivity contribution is 0.149. The predicted octanol–water partition coefficient (Wildman–Crippen LogP) is 3.01. The van der Waals surface area contributed by atoms with Crippen LogP contribution >= 0.6 is 0 Å². The largest absolute Gasteiger partial charge is 0.361 e. The quantitative estimate of drug-likeness (QED) is 0.911. The van der Waals surface area contributed by atoms with Crippen LogP contribution in [0.15, 0.2) is 16.9 Å². The Hall–Kier alpha value is -2.31. The lowest BCUT2D eigenvalue weighted by atomic mass is 9.98. The molecule has 1 fully saturated rings. The second-order valence-electron chi connectivity index (χ2n) is 6.15. The first-order valence-corrected chi connectivity index (χ1v) is 8.06. The van der Waals surface area contributed by atoms with Crippen molar-refractivity contribution in [3.8, 4) is 0 Å². The number of carbonyl (C=O) groups is 1. The molecule has 2 aromatic heterocycles. The van der Waals surface area contributed by atoms with Crippen molar-refractivity contribution in [2.24, 2.45) is 0 Å². The van der Waals surface area contributed by atoms with Gasteiger partial charge in [0.2, 0.25) is 0 Å². The second kappa shape index (κ2) is 6.44.